The van der Waals surface area contributed by atoms with Crippen molar-refractivity contribution in [1.82, 2.24) is 15.0 Å². The van der Waals surface area contributed by atoms with Crippen molar-refractivity contribution >= 4 is 39.7 Å². The molecule has 2 aromatic rings. The van der Waals surface area contributed by atoms with E-state index in [1.165, 1.54) is 6.33 Å². The minimum Gasteiger partial charge on any atom is -0.363 e. The summed E-state index contributed by atoms with van der Waals surface area (Å²) in [5, 5.41) is 4.71. The molecule has 0 bridgehead atoms. The summed E-state index contributed by atoms with van der Waals surface area (Å²) in [6.07, 6.45) is 1.34. The van der Waals surface area contributed by atoms with E-state index < -0.39 is 0 Å². The van der Waals surface area contributed by atoms with E-state index in [2.05, 4.69) is 20.3 Å². The van der Waals surface area contributed by atoms with E-state index in [9.17, 15) is 9.59 Å². The Bertz CT molecular complexity index is 602. The molecule has 0 aromatic carbocycles. The first kappa shape index (κ1) is 11.3. The van der Waals surface area contributed by atoms with Gasteiger partial charge >= 0.3 is 4.87 Å². The van der Waals surface area contributed by atoms with Crippen molar-refractivity contribution in [3.8, 4) is 0 Å². The largest absolute Gasteiger partial charge is 0.363 e. The average molecular weight is 350 g/mol. The van der Waals surface area contributed by atoms with Crippen molar-refractivity contribution in [3.63, 3.8) is 0 Å². The summed E-state index contributed by atoms with van der Waals surface area (Å²) < 4.78 is 0.498. The van der Waals surface area contributed by atoms with Crippen molar-refractivity contribution in [3.05, 3.63) is 41.0 Å². The van der Waals surface area contributed by atoms with Crippen LogP contribution in [0.25, 0.3) is 0 Å². The second kappa shape index (κ2) is 4.78. The summed E-state index contributed by atoms with van der Waals surface area (Å²) in [6.45, 7) is 0.436. The van der Waals surface area contributed by atoms with Crippen molar-refractivity contribution in [2.24, 2.45) is 0 Å². The molecular formula is C8H7IN4O2S. The predicted molar refractivity (Wildman–Crippen MR) is 69.8 cm³/mol. The van der Waals surface area contributed by atoms with Gasteiger partial charge in [0.15, 0.2) is 0 Å². The molecule has 3 N–H and O–H groups in total. The Morgan fingerprint density at radius 2 is 2.31 bits per heavy atom. The molecule has 0 aliphatic carbocycles. The summed E-state index contributed by atoms with van der Waals surface area (Å²) in [4.78, 5) is 31.2. The third-order valence-electron chi connectivity index (χ3n) is 1.81. The minimum atomic E-state index is -0.183. The van der Waals surface area contributed by atoms with Crippen LogP contribution in [0.15, 0.2) is 21.3 Å². The van der Waals surface area contributed by atoms with Crippen LogP contribution >= 0.6 is 33.9 Å². The van der Waals surface area contributed by atoms with E-state index in [-0.39, 0.29) is 10.4 Å². The molecule has 2 heterocycles. The molecule has 0 atom stereocenters. The third-order valence-corrected chi connectivity index (χ3v) is 3.53. The maximum atomic E-state index is 11.3. The number of nitrogens with one attached hydrogen (secondary N) is 3. The van der Waals surface area contributed by atoms with E-state index in [1.807, 2.05) is 22.6 Å². The van der Waals surface area contributed by atoms with Gasteiger partial charge in [0, 0.05) is 11.1 Å². The first-order chi connectivity index (χ1) is 7.66. The number of aromatic amines is 2. The topological polar surface area (TPSA) is 90.6 Å². The van der Waals surface area contributed by atoms with Crippen LogP contribution in [-0.4, -0.2) is 15.0 Å². The Kier molecular flexibility index (Phi) is 3.39. The van der Waals surface area contributed by atoms with Gasteiger partial charge in [-0.1, -0.05) is 11.3 Å². The zero-order chi connectivity index (χ0) is 11.5. The van der Waals surface area contributed by atoms with Crippen molar-refractivity contribution in [2.45, 2.75) is 6.54 Å². The molecule has 84 valence electrons. The van der Waals surface area contributed by atoms with Gasteiger partial charge in [-0.15, -0.1) is 0 Å². The monoisotopic (exact) mass is 350 g/mol. The summed E-state index contributed by atoms with van der Waals surface area (Å²) >= 11 is 3.02. The van der Waals surface area contributed by atoms with E-state index in [1.54, 1.807) is 5.38 Å². The lowest BCUT2D eigenvalue weighted by Gasteiger charge is -2.04. The SMILES string of the molecule is O=c1[nH]c(CNc2nc[nH]c(=O)c2I)cs1. The molecule has 8 heteroatoms. The summed E-state index contributed by atoms with van der Waals surface area (Å²) in [5.74, 6) is 0.511. The molecule has 6 nitrogen and oxygen atoms in total. The maximum Gasteiger partial charge on any atom is 0.304 e. The Hall–Kier alpha value is -1.16. The number of thiazole rings is 1. The number of hydrogen-bond donors (Lipinski definition) is 3. The van der Waals surface area contributed by atoms with E-state index in [0.717, 1.165) is 17.0 Å². The molecule has 0 aliphatic rings. The second-order valence-corrected chi connectivity index (χ2v) is 4.84. The Morgan fingerprint density at radius 1 is 1.50 bits per heavy atom. The molecular weight excluding hydrogens is 343 g/mol. The van der Waals surface area contributed by atoms with Crippen LogP contribution in [0.2, 0.25) is 0 Å². The van der Waals surface area contributed by atoms with E-state index in [0.29, 0.717) is 15.9 Å². The van der Waals surface area contributed by atoms with Crippen LogP contribution in [0.4, 0.5) is 5.82 Å². The van der Waals surface area contributed by atoms with Gasteiger partial charge in [0.05, 0.1) is 12.9 Å². The Balaban J connectivity index is 2.13. The van der Waals surface area contributed by atoms with Crippen molar-refractivity contribution in [1.29, 1.82) is 0 Å². The summed E-state index contributed by atoms with van der Waals surface area (Å²) in [6, 6.07) is 0. The Labute approximate surface area is 107 Å². The third kappa shape index (κ3) is 2.50. The smallest absolute Gasteiger partial charge is 0.304 e. The van der Waals surface area contributed by atoms with Gasteiger partial charge in [0.2, 0.25) is 0 Å². The number of H-pyrrole nitrogens is 2. The van der Waals surface area contributed by atoms with Gasteiger partial charge in [0.1, 0.15) is 9.39 Å². The van der Waals surface area contributed by atoms with Crippen LogP contribution < -0.4 is 15.7 Å². The fourth-order valence-electron chi connectivity index (χ4n) is 1.09. The van der Waals surface area contributed by atoms with Gasteiger partial charge in [-0.3, -0.25) is 9.59 Å². The lowest BCUT2D eigenvalue weighted by Crippen LogP contribution is -2.14. The highest BCUT2D eigenvalue weighted by molar-refractivity contribution is 14.1. The van der Waals surface area contributed by atoms with Crippen LogP contribution in [-0.2, 0) is 6.54 Å². The highest BCUT2D eigenvalue weighted by Gasteiger charge is 2.04. The molecule has 2 rings (SSSR count). The zero-order valence-electron chi connectivity index (χ0n) is 7.91. The molecule has 0 aliphatic heterocycles. The number of hydrogen-bond acceptors (Lipinski definition) is 5. The van der Waals surface area contributed by atoms with Crippen LogP contribution in [0.1, 0.15) is 5.69 Å². The predicted octanol–water partition coefficient (Wildman–Crippen LogP) is 0.736. The van der Waals surface area contributed by atoms with Gasteiger partial charge in [-0.2, -0.15) is 0 Å². The number of anilines is 1. The first-order valence-corrected chi connectivity index (χ1v) is 6.26. The van der Waals surface area contributed by atoms with E-state index >= 15 is 0 Å². The summed E-state index contributed by atoms with van der Waals surface area (Å²) in [5.41, 5.74) is 0.588. The quantitative estimate of drug-likeness (QED) is 0.712. The fourth-order valence-corrected chi connectivity index (χ4v) is 2.15. The van der Waals surface area contributed by atoms with Crippen molar-refractivity contribution in [2.75, 3.05) is 5.32 Å². The fraction of sp³-hybridized carbons (Fsp3) is 0.125. The second-order valence-electron chi connectivity index (χ2n) is 2.92. The molecule has 0 saturated heterocycles. The van der Waals surface area contributed by atoms with Crippen LogP contribution in [0.3, 0.4) is 0 Å². The summed E-state index contributed by atoms with van der Waals surface area (Å²) in [7, 11) is 0. The number of rotatable bonds is 3. The lowest BCUT2D eigenvalue weighted by molar-refractivity contribution is 1.01. The molecule has 2 aromatic heterocycles. The molecule has 0 unspecified atom stereocenters. The van der Waals surface area contributed by atoms with Crippen LogP contribution in [0, 0.1) is 3.57 Å². The van der Waals surface area contributed by atoms with Gasteiger partial charge in [-0.05, 0) is 22.6 Å². The van der Waals surface area contributed by atoms with Gasteiger partial charge in [0.25, 0.3) is 5.56 Å². The number of nitrogens with zero attached hydrogens (tertiary/aromatic N) is 1. The van der Waals surface area contributed by atoms with E-state index in [4.69, 9.17) is 0 Å². The molecule has 16 heavy (non-hydrogen) atoms. The number of aromatic nitrogens is 3. The Morgan fingerprint density at radius 3 is 3.00 bits per heavy atom. The molecule has 0 radical (unpaired) electrons. The molecule has 0 fully saturated rings. The standard InChI is InChI=1S/C8H7IN4O2S/c9-5-6(11-3-12-7(5)14)10-1-4-2-16-8(15)13-4/h2-3H,1H2,(H,13,15)(H2,10,11,12,14). The molecule has 0 spiro atoms. The number of halogens is 1. The highest BCUT2D eigenvalue weighted by Crippen LogP contribution is 2.09. The minimum absolute atomic E-state index is 0.0923. The van der Waals surface area contributed by atoms with Crippen molar-refractivity contribution < 1.29 is 0 Å². The lowest BCUT2D eigenvalue weighted by atomic mass is 10.4. The zero-order valence-corrected chi connectivity index (χ0v) is 10.9. The molecule has 0 saturated carbocycles. The van der Waals surface area contributed by atoms with Crippen LogP contribution in [0.5, 0.6) is 0 Å². The normalized spacial score (nSPS) is 10.3. The van der Waals surface area contributed by atoms with Gasteiger partial charge in [-0.25, -0.2) is 4.98 Å². The maximum absolute atomic E-state index is 11.3. The average Bonchev–Trinajstić information content (AvgIpc) is 2.67. The highest BCUT2D eigenvalue weighted by atomic mass is 127. The first-order valence-electron chi connectivity index (χ1n) is 4.30. The molecule has 0 amide bonds. The van der Waals surface area contributed by atoms with Gasteiger partial charge < -0.3 is 15.3 Å².